The van der Waals surface area contributed by atoms with E-state index in [1.807, 2.05) is 12.1 Å². The lowest BCUT2D eigenvalue weighted by molar-refractivity contribution is -0.126. The number of amides is 1. The van der Waals surface area contributed by atoms with Crippen LogP contribution in [0.15, 0.2) is 24.3 Å². The number of halogens is 1. The van der Waals surface area contributed by atoms with Gasteiger partial charge < -0.3 is 20.3 Å². The Morgan fingerprint density at radius 3 is 2.83 bits per heavy atom. The van der Waals surface area contributed by atoms with E-state index in [2.05, 4.69) is 27.7 Å². The first kappa shape index (κ1) is 18.9. The monoisotopic (exact) mass is 353 g/mol. The number of piperidine rings is 2. The van der Waals surface area contributed by atoms with Crippen LogP contribution in [0.5, 0.6) is 5.75 Å². The summed E-state index contributed by atoms with van der Waals surface area (Å²) in [5.41, 5.74) is 1.17. The van der Waals surface area contributed by atoms with E-state index < -0.39 is 0 Å². The van der Waals surface area contributed by atoms with Gasteiger partial charge in [0, 0.05) is 36.8 Å². The Balaban J connectivity index is 0.00000208. The van der Waals surface area contributed by atoms with Crippen LogP contribution in [0.3, 0.4) is 0 Å². The number of hydrogen-bond acceptors (Lipinski definition) is 4. The van der Waals surface area contributed by atoms with Gasteiger partial charge in [0.05, 0.1) is 7.11 Å². The van der Waals surface area contributed by atoms with Gasteiger partial charge in [-0.2, -0.15) is 0 Å². The van der Waals surface area contributed by atoms with E-state index in [1.165, 1.54) is 5.69 Å². The molecule has 2 fully saturated rings. The number of ether oxygens (including phenoxy) is 1. The smallest absolute Gasteiger partial charge is 0.223 e. The summed E-state index contributed by atoms with van der Waals surface area (Å²) in [6.45, 7) is 3.83. The normalized spacial score (nSPS) is 21.7. The number of carbonyl (C=O) groups excluding carboxylic acids is 1. The van der Waals surface area contributed by atoms with Crippen molar-refractivity contribution in [3.63, 3.8) is 0 Å². The first-order valence-electron chi connectivity index (χ1n) is 8.66. The molecule has 0 aliphatic carbocycles. The molecule has 2 N–H and O–H groups in total. The number of rotatable bonds is 4. The van der Waals surface area contributed by atoms with Crippen molar-refractivity contribution in [2.45, 2.75) is 31.7 Å². The average molecular weight is 354 g/mol. The molecule has 0 spiro atoms. The van der Waals surface area contributed by atoms with Gasteiger partial charge in [-0.3, -0.25) is 4.79 Å². The number of anilines is 1. The van der Waals surface area contributed by atoms with Crippen LogP contribution in [-0.2, 0) is 4.79 Å². The maximum atomic E-state index is 12.4. The molecule has 1 amide bonds. The number of carbonyl (C=O) groups is 1. The maximum Gasteiger partial charge on any atom is 0.223 e. The number of methoxy groups -OCH3 is 1. The van der Waals surface area contributed by atoms with E-state index in [9.17, 15) is 4.79 Å². The zero-order valence-electron chi connectivity index (χ0n) is 14.3. The molecule has 1 aromatic rings. The molecular formula is C18H28ClN3O2. The fourth-order valence-electron chi connectivity index (χ4n) is 3.54. The van der Waals surface area contributed by atoms with Gasteiger partial charge in [-0.1, -0.05) is 6.07 Å². The number of nitrogens with one attached hydrogen (secondary N) is 2. The highest BCUT2D eigenvalue weighted by atomic mass is 35.5. The van der Waals surface area contributed by atoms with Crippen molar-refractivity contribution in [1.29, 1.82) is 0 Å². The largest absolute Gasteiger partial charge is 0.497 e. The van der Waals surface area contributed by atoms with E-state index in [1.54, 1.807) is 7.11 Å². The van der Waals surface area contributed by atoms with Crippen LogP contribution in [0.1, 0.15) is 25.7 Å². The van der Waals surface area contributed by atoms with E-state index in [0.29, 0.717) is 0 Å². The minimum absolute atomic E-state index is 0. The van der Waals surface area contributed by atoms with E-state index >= 15 is 0 Å². The summed E-state index contributed by atoms with van der Waals surface area (Å²) in [4.78, 5) is 14.8. The third-order valence-corrected chi connectivity index (χ3v) is 4.90. The fourth-order valence-corrected chi connectivity index (χ4v) is 3.54. The van der Waals surface area contributed by atoms with Gasteiger partial charge in [-0.25, -0.2) is 0 Å². The van der Waals surface area contributed by atoms with E-state index in [4.69, 9.17) is 4.74 Å². The number of benzene rings is 1. The molecule has 24 heavy (non-hydrogen) atoms. The lowest BCUT2D eigenvalue weighted by atomic mass is 9.96. The molecule has 1 unspecified atom stereocenters. The summed E-state index contributed by atoms with van der Waals surface area (Å²) in [6, 6.07) is 8.41. The minimum atomic E-state index is 0. The van der Waals surface area contributed by atoms with Crippen molar-refractivity contribution in [1.82, 2.24) is 10.6 Å². The molecule has 2 heterocycles. The molecule has 2 aliphatic heterocycles. The van der Waals surface area contributed by atoms with Crippen molar-refractivity contribution in [2.75, 3.05) is 38.2 Å². The summed E-state index contributed by atoms with van der Waals surface area (Å²) in [7, 11) is 1.69. The summed E-state index contributed by atoms with van der Waals surface area (Å²) < 4.78 is 5.31. The summed E-state index contributed by atoms with van der Waals surface area (Å²) in [5.74, 6) is 1.30. The van der Waals surface area contributed by atoms with Crippen molar-refractivity contribution < 1.29 is 9.53 Å². The standard InChI is InChI=1S/C18H27N3O2.ClH/c1-23-17-6-2-5-16(12-17)21-11-3-4-15(13-21)20-18(22)14-7-9-19-10-8-14;/h2,5-6,12,14-15,19H,3-4,7-11,13H2,1H3,(H,20,22);1H. The highest BCUT2D eigenvalue weighted by Gasteiger charge is 2.26. The second-order valence-electron chi connectivity index (χ2n) is 6.52. The SMILES string of the molecule is COc1cccc(N2CCCC(NC(=O)C3CCNCC3)C2)c1.Cl. The first-order chi connectivity index (χ1) is 11.3. The second kappa shape index (κ2) is 9.14. The molecule has 0 saturated carbocycles. The molecule has 1 aromatic carbocycles. The average Bonchev–Trinajstić information content (AvgIpc) is 2.63. The van der Waals surface area contributed by atoms with Crippen LogP contribution in [-0.4, -0.2) is 45.2 Å². The summed E-state index contributed by atoms with van der Waals surface area (Å²) >= 11 is 0. The highest BCUT2D eigenvalue weighted by molar-refractivity contribution is 5.85. The Hall–Kier alpha value is -1.46. The number of nitrogens with zero attached hydrogens (tertiary/aromatic N) is 1. The third-order valence-electron chi connectivity index (χ3n) is 4.90. The predicted octanol–water partition coefficient (Wildman–Crippen LogP) is 2.20. The zero-order valence-corrected chi connectivity index (χ0v) is 15.1. The van der Waals surface area contributed by atoms with Crippen LogP contribution < -0.4 is 20.3 Å². The van der Waals surface area contributed by atoms with Gasteiger partial charge in [-0.15, -0.1) is 12.4 Å². The van der Waals surface area contributed by atoms with E-state index in [0.717, 1.165) is 57.6 Å². The third kappa shape index (κ3) is 4.77. The lowest BCUT2D eigenvalue weighted by Gasteiger charge is -2.35. The zero-order chi connectivity index (χ0) is 16.1. The molecule has 1 atom stereocenters. The van der Waals surface area contributed by atoms with Crippen LogP contribution in [0, 0.1) is 5.92 Å². The molecular weight excluding hydrogens is 326 g/mol. The highest BCUT2D eigenvalue weighted by Crippen LogP contribution is 2.24. The Bertz CT molecular complexity index is 535. The molecule has 0 bridgehead atoms. The Morgan fingerprint density at radius 1 is 1.29 bits per heavy atom. The molecule has 134 valence electrons. The van der Waals surface area contributed by atoms with Crippen molar-refractivity contribution >= 4 is 24.0 Å². The van der Waals surface area contributed by atoms with Gasteiger partial charge in [0.15, 0.2) is 0 Å². The minimum Gasteiger partial charge on any atom is -0.497 e. The van der Waals surface area contributed by atoms with Gasteiger partial charge >= 0.3 is 0 Å². The lowest BCUT2D eigenvalue weighted by Crippen LogP contribution is -2.50. The van der Waals surface area contributed by atoms with Crippen LogP contribution in [0.25, 0.3) is 0 Å². The van der Waals surface area contributed by atoms with Gasteiger partial charge in [0.1, 0.15) is 5.75 Å². The topological polar surface area (TPSA) is 53.6 Å². The summed E-state index contributed by atoms with van der Waals surface area (Å²) in [5, 5.41) is 6.59. The molecule has 3 rings (SSSR count). The van der Waals surface area contributed by atoms with Crippen molar-refractivity contribution in [3.05, 3.63) is 24.3 Å². The quantitative estimate of drug-likeness (QED) is 0.871. The molecule has 2 saturated heterocycles. The van der Waals surface area contributed by atoms with Gasteiger partial charge in [0.2, 0.25) is 5.91 Å². The predicted molar refractivity (Wildman–Crippen MR) is 99.2 cm³/mol. The summed E-state index contributed by atoms with van der Waals surface area (Å²) in [6.07, 6.45) is 4.09. The molecule has 0 radical (unpaired) electrons. The Labute approximate surface area is 150 Å². The first-order valence-corrected chi connectivity index (χ1v) is 8.66. The Morgan fingerprint density at radius 2 is 2.08 bits per heavy atom. The molecule has 2 aliphatic rings. The molecule has 5 nitrogen and oxygen atoms in total. The van der Waals surface area contributed by atoms with Gasteiger partial charge in [0.25, 0.3) is 0 Å². The van der Waals surface area contributed by atoms with Crippen molar-refractivity contribution in [3.8, 4) is 5.75 Å². The molecule has 0 aromatic heterocycles. The van der Waals surface area contributed by atoms with Gasteiger partial charge in [-0.05, 0) is 50.9 Å². The maximum absolute atomic E-state index is 12.4. The Kier molecular flexibility index (Phi) is 7.18. The number of hydrogen-bond donors (Lipinski definition) is 2. The van der Waals surface area contributed by atoms with E-state index in [-0.39, 0.29) is 30.3 Å². The second-order valence-corrected chi connectivity index (χ2v) is 6.52. The fraction of sp³-hybridized carbons (Fsp3) is 0.611. The van der Waals surface area contributed by atoms with Crippen molar-refractivity contribution in [2.24, 2.45) is 5.92 Å². The van der Waals surface area contributed by atoms with Crippen LogP contribution in [0.4, 0.5) is 5.69 Å². The van der Waals surface area contributed by atoms with Crippen LogP contribution >= 0.6 is 12.4 Å². The molecule has 6 heteroatoms. The van der Waals surface area contributed by atoms with Crippen LogP contribution in [0.2, 0.25) is 0 Å².